The van der Waals surface area contributed by atoms with E-state index in [1.165, 1.54) is 19.3 Å². The van der Waals surface area contributed by atoms with Gasteiger partial charge in [-0.1, -0.05) is 41.8 Å². The first-order chi connectivity index (χ1) is 19.0. The molecule has 2 aromatic carbocycles. The number of nitrogens with one attached hydrogen (secondary N) is 1. The first-order valence-corrected chi connectivity index (χ1v) is 13.8. The molecular weight excluding hydrogens is 514 g/mol. The van der Waals surface area contributed by atoms with Crippen LogP contribution < -0.4 is 10.1 Å². The van der Waals surface area contributed by atoms with Gasteiger partial charge >= 0.3 is 0 Å². The van der Waals surface area contributed by atoms with E-state index >= 15 is 0 Å². The van der Waals surface area contributed by atoms with Gasteiger partial charge in [0, 0.05) is 37.7 Å². The van der Waals surface area contributed by atoms with Gasteiger partial charge < -0.3 is 19.4 Å². The third-order valence-electron chi connectivity index (χ3n) is 7.33. The average molecular weight is 548 g/mol. The van der Waals surface area contributed by atoms with Crippen molar-refractivity contribution in [3.8, 4) is 17.1 Å². The van der Waals surface area contributed by atoms with Gasteiger partial charge in [-0.15, -0.1) is 0 Å². The van der Waals surface area contributed by atoms with E-state index in [2.05, 4.69) is 32.8 Å². The lowest BCUT2D eigenvalue weighted by Gasteiger charge is -2.32. The summed E-state index contributed by atoms with van der Waals surface area (Å²) in [7, 11) is 1.68. The zero-order valence-corrected chi connectivity index (χ0v) is 23.4. The van der Waals surface area contributed by atoms with Crippen molar-refractivity contribution in [2.24, 2.45) is 5.92 Å². The van der Waals surface area contributed by atoms with E-state index < -0.39 is 0 Å². The highest BCUT2D eigenvalue weighted by Gasteiger charge is 2.27. The molecule has 1 aliphatic rings. The van der Waals surface area contributed by atoms with Crippen LogP contribution in [0.15, 0.2) is 42.5 Å². The van der Waals surface area contributed by atoms with Gasteiger partial charge in [0.15, 0.2) is 23.6 Å². The van der Waals surface area contributed by atoms with Crippen LogP contribution in [0.1, 0.15) is 54.4 Å². The summed E-state index contributed by atoms with van der Waals surface area (Å²) in [5.41, 5.74) is 4.20. The minimum Gasteiger partial charge on any atom is -0.493 e. The molecule has 1 aliphatic carbocycles. The quantitative estimate of drug-likeness (QED) is 0.164. The molecule has 1 atom stereocenters. The fourth-order valence-corrected chi connectivity index (χ4v) is 5.07. The van der Waals surface area contributed by atoms with Gasteiger partial charge in [0.05, 0.1) is 12.2 Å². The van der Waals surface area contributed by atoms with E-state index in [1.54, 1.807) is 7.11 Å². The second kappa shape index (κ2) is 12.1. The standard InChI is InChI=1S/C30H34ClN5O3/c1-19-8-13-25(39-15-5-14-38-3)24(16-19)30-35-29-27(36(30)17-21-9-11-23(31)12-10-21)28(33-26(18-37)34-29)32-20(2)22-6-4-7-22/h8-13,16,18,20,22H,4-7,14-15,17H2,1-3H3,(H,32,33,34)/t20-/m1/s1. The Kier molecular flexibility index (Phi) is 8.43. The third kappa shape index (κ3) is 6.07. The minimum absolute atomic E-state index is 0.105. The van der Waals surface area contributed by atoms with Crippen molar-refractivity contribution in [3.63, 3.8) is 0 Å². The topological polar surface area (TPSA) is 91.2 Å². The van der Waals surface area contributed by atoms with Crippen LogP contribution in [0.5, 0.6) is 5.75 Å². The molecule has 2 aromatic heterocycles. The number of anilines is 1. The Morgan fingerprint density at radius 1 is 1.13 bits per heavy atom. The lowest BCUT2D eigenvalue weighted by Crippen LogP contribution is -2.31. The number of imidazole rings is 1. The van der Waals surface area contributed by atoms with Crippen LogP contribution in [0.25, 0.3) is 22.6 Å². The van der Waals surface area contributed by atoms with Crippen molar-refractivity contribution in [1.82, 2.24) is 19.5 Å². The van der Waals surface area contributed by atoms with E-state index in [4.69, 9.17) is 26.1 Å². The average Bonchev–Trinajstić information content (AvgIpc) is 3.25. The number of rotatable bonds is 12. The fraction of sp³-hybridized carbons (Fsp3) is 0.400. The highest BCUT2D eigenvalue weighted by molar-refractivity contribution is 6.30. The summed E-state index contributed by atoms with van der Waals surface area (Å²) in [5.74, 6) is 2.72. The Hall–Kier alpha value is -3.49. The number of carbonyl (C=O) groups excluding carboxylic acids is 1. The summed E-state index contributed by atoms with van der Waals surface area (Å²) in [6.07, 6.45) is 5.06. The summed E-state index contributed by atoms with van der Waals surface area (Å²) in [6.45, 7) is 5.86. The molecule has 0 amide bonds. The van der Waals surface area contributed by atoms with Gasteiger partial charge in [0.1, 0.15) is 17.1 Å². The molecule has 204 valence electrons. The maximum absolute atomic E-state index is 11.8. The molecule has 9 heteroatoms. The van der Waals surface area contributed by atoms with Crippen LogP contribution in [0.4, 0.5) is 5.82 Å². The van der Waals surface area contributed by atoms with Gasteiger partial charge in [0.25, 0.3) is 0 Å². The number of benzene rings is 2. The number of aldehydes is 1. The summed E-state index contributed by atoms with van der Waals surface area (Å²) in [6, 6.07) is 14.0. The van der Waals surface area contributed by atoms with Crippen molar-refractivity contribution in [2.45, 2.75) is 52.1 Å². The molecule has 8 nitrogen and oxygen atoms in total. The zero-order valence-electron chi connectivity index (χ0n) is 22.6. The maximum atomic E-state index is 11.8. The van der Waals surface area contributed by atoms with Crippen molar-refractivity contribution >= 4 is 34.9 Å². The Morgan fingerprint density at radius 3 is 2.62 bits per heavy atom. The zero-order chi connectivity index (χ0) is 27.4. The third-order valence-corrected chi connectivity index (χ3v) is 7.58. The molecule has 0 bridgehead atoms. The molecule has 4 aromatic rings. The molecule has 0 aliphatic heterocycles. The van der Waals surface area contributed by atoms with Crippen LogP contribution in [0.2, 0.25) is 5.02 Å². The van der Waals surface area contributed by atoms with Crippen molar-refractivity contribution in [1.29, 1.82) is 0 Å². The van der Waals surface area contributed by atoms with Gasteiger partial charge in [-0.25, -0.2) is 15.0 Å². The molecule has 1 saturated carbocycles. The maximum Gasteiger partial charge on any atom is 0.196 e. The minimum atomic E-state index is 0.105. The van der Waals surface area contributed by atoms with Crippen LogP contribution in [0.3, 0.4) is 0 Å². The highest BCUT2D eigenvalue weighted by Crippen LogP contribution is 2.36. The van der Waals surface area contributed by atoms with Crippen molar-refractivity contribution in [2.75, 3.05) is 25.6 Å². The number of ether oxygens (including phenoxy) is 2. The molecule has 0 unspecified atom stereocenters. The van der Waals surface area contributed by atoms with Crippen LogP contribution in [-0.2, 0) is 11.3 Å². The first kappa shape index (κ1) is 27.1. The highest BCUT2D eigenvalue weighted by atomic mass is 35.5. The normalized spacial score (nSPS) is 14.3. The largest absolute Gasteiger partial charge is 0.493 e. The number of hydrogen-bond donors (Lipinski definition) is 1. The Balaban J connectivity index is 1.67. The number of fused-ring (bicyclic) bond motifs is 1. The molecule has 5 rings (SSSR count). The molecular formula is C30H34ClN5O3. The van der Waals surface area contributed by atoms with E-state index in [9.17, 15) is 4.79 Å². The van der Waals surface area contributed by atoms with Crippen LogP contribution in [-0.4, -0.2) is 52.2 Å². The fourth-order valence-electron chi connectivity index (χ4n) is 4.94. The predicted octanol–water partition coefficient (Wildman–Crippen LogP) is 6.33. The SMILES string of the molecule is COCCCOc1ccc(C)cc1-c1nc2nc(C=O)nc(N[C@H](C)C3CCC3)c2n1Cc1ccc(Cl)cc1. The lowest BCUT2D eigenvalue weighted by atomic mass is 9.80. The lowest BCUT2D eigenvalue weighted by molar-refractivity contribution is 0.111. The van der Waals surface area contributed by atoms with Gasteiger partial charge in [-0.3, -0.25) is 4.79 Å². The van der Waals surface area contributed by atoms with E-state index in [0.717, 1.165) is 34.4 Å². The molecule has 0 saturated heterocycles. The van der Waals surface area contributed by atoms with Crippen LogP contribution >= 0.6 is 11.6 Å². The van der Waals surface area contributed by atoms with Gasteiger partial charge in [0.2, 0.25) is 0 Å². The molecule has 0 spiro atoms. The van der Waals surface area contributed by atoms with Gasteiger partial charge in [-0.2, -0.15) is 0 Å². The number of nitrogens with zero attached hydrogens (tertiary/aromatic N) is 4. The number of aryl methyl sites for hydroxylation is 1. The predicted molar refractivity (Wildman–Crippen MR) is 154 cm³/mol. The molecule has 39 heavy (non-hydrogen) atoms. The number of halogens is 1. The van der Waals surface area contributed by atoms with Crippen molar-refractivity contribution < 1.29 is 14.3 Å². The summed E-state index contributed by atoms with van der Waals surface area (Å²) in [4.78, 5) is 25.9. The van der Waals surface area contributed by atoms with E-state index in [-0.39, 0.29) is 11.9 Å². The van der Waals surface area contributed by atoms with Crippen LogP contribution in [0, 0.1) is 12.8 Å². The number of methoxy groups -OCH3 is 1. The molecule has 0 radical (unpaired) electrons. The van der Waals surface area contributed by atoms with Crippen molar-refractivity contribution in [3.05, 3.63) is 64.4 Å². The number of hydrogen-bond acceptors (Lipinski definition) is 7. The second-order valence-electron chi connectivity index (χ2n) is 10.2. The number of carbonyl (C=O) groups is 1. The second-order valence-corrected chi connectivity index (χ2v) is 10.6. The number of aromatic nitrogens is 4. The Labute approximate surface area is 233 Å². The molecule has 2 heterocycles. The Morgan fingerprint density at radius 2 is 1.92 bits per heavy atom. The monoisotopic (exact) mass is 547 g/mol. The smallest absolute Gasteiger partial charge is 0.196 e. The van der Waals surface area contributed by atoms with Gasteiger partial charge in [-0.05, 0) is 62.4 Å². The summed E-state index contributed by atoms with van der Waals surface area (Å²) >= 11 is 6.18. The first-order valence-electron chi connectivity index (χ1n) is 13.4. The summed E-state index contributed by atoms with van der Waals surface area (Å²) < 4.78 is 13.5. The van der Waals surface area contributed by atoms with E-state index in [0.29, 0.717) is 54.3 Å². The van der Waals surface area contributed by atoms with E-state index in [1.807, 2.05) is 43.3 Å². The molecule has 1 N–H and O–H groups in total. The Bertz CT molecular complexity index is 1450. The summed E-state index contributed by atoms with van der Waals surface area (Å²) in [5, 5.41) is 4.28. The molecule has 1 fully saturated rings.